The number of halogens is 3. The molecule has 0 saturated carbocycles. The van der Waals surface area contributed by atoms with Crippen molar-refractivity contribution in [3.05, 3.63) is 80.9 Å². The molecule has 4 rings (SSSR count). The van der Waals surface area contributed by atoms with E-state index in [1.807, 2.05) is 0 Å². The molecule has 4 aromatic rings. The number of hydrogen-bond acceptors (Lipinski definition) is 7. The molecule has 0 aliphatic heterocycles. The van der Waals surface area contributed by atoms with Gasteiger partial charge in [-0.2, -0.15) is 0 Å². The molecule has 0 spiro atoms. The Bertz CT molecular complexity index is 1460. The van der Waals surface area contributed by atoms with Crippen LogP contribution in [0, 0.1) is 11.8 Å². The SMILES string of the molecule is CC(Nc1ncnc(N)c1C#Cc1cc(C(F)F)ccn1)c1nc2cccc(Cl)c2c(=O)[nH]1. The lowest BCUT2D eigenvalue weighted by molar-refractivity contribution is 0.151. The molecule has 0 aliphatic rings. The molecule has 0 aliphatic carbocycles. The van der Waals surface area contributed by atoms with Crippen LogP contribution >= 0.6 is 11.6 Å². The van der Waals surface area contributed by atoms with Crippen LogP contribution in [0.25, 0.3) is 10.9 Å². The van der Waals surface area contributed by atoms with Gasteiger partial charge >= 0.3 is 0 Å². The number of aromatic nitrogens is 5. The van der Waals surface area contributed by atoms with E-state index in [4.69, 9.17) is 17.3 Å². The first-order valence-corrected chi connectivity index (χ1v) is 10.0. The van der Waals surface area contributed by atoms with Crippen LogP contribution in [0.5, 0.6) is 0 Å². The highest BCUT2D eigenvalue weighted by molar-refractivity contribution is 6.35. The Balaban J connectivity index is 1.67. The second kappa shape index (κ2) is 9.18. The summed E-state index contributed by atoms with van der Waals surface area (Å²) in [7, 11) is 0. The third-order valence-electron chi connectivity index (χ3n) is 4.69. The fourth-order valence-corrected chi connectivity index (χ4v) is 3.31. The van der Waals surface area contributed by atoms with Crippen molar-refractivity contribution in [2.24, 2.45) is 0 Å². The molecule has 0 radical (unpaired) electrons. The number of alkyl halides is 2. The Labute approximate surface area is 191 Å². The highest BCUT2D eigenvalue weighted by atomic mass is 35.5. The quantitative estimate of drug-likeness (QED) is 0.389. The molecule has 0 amide bonds. The van der Waals surface area contributed by atoms with Crippen molar-refractivity contribution in [2.75, 3.05) is 11.1 Å². The van der Waals surface area contributed by atoms with Crippen LogP contribution in [0.3, 0.4) is 0 Å². The molecule has 1 atom stereocenters. The summed E-state index contributed by atoms with van der Waals surface area (Å²) in [6.07, 6.45) is -0.129. The van der Waals surface area contributed by atoms with Crippen molar-refractivity contribution in [2.45, 2.75) is 19.4 Å². The van der Waals surface area contributed by atoms with Crippen LogP contribution in [0.4, 0.5) is 20.4 Å². The standard InChI is InChI=1S/C22H16ClF2N7O/c1-11(20-31-16-4-2-3-15(23)17(16)22(33)32-20)30-21-14(19(26)28-10-29-21)6-5-13-9-12(18(24)25)7-8-27-13/h2-4,7-11,18H,1H3,(H,31,32,33)(H3,26,28,29,30). The van der Waals surface area contributed by atoms with Gasteiger partial charge in [0.05, 0.1) is 22.0 Å². The molecule has 4 N–H and O–H groups in total. The average Bonchev–Trinajstić information content (AvgIpc) is 2.78. The Morgan fingerprint density at radius 3 is 2.79 bits per heavy atom. The molecule has 33 heavy (non-hydrogen) atoms. The van der Waals surface area contributed by atoms with E-state index >= 15 is 0 Å². The first-order chi connectivity index (χ1) is 15.8. The van der Waals surface area contributed by atoms with Crippen LogP contribution in [-0.2, 0) is 0 Å². The van der Waals surface area contributed by atoms with Crippen LogP contribution in [0.1, 0.15) is 42.0 Å². The summed E-state index contributed by atoms with van der Waals surface area (Å²) < 4.78 is 25.9. The van der Waals surface area contributed by atoms with Gasteiger partial charge in [-0.3, -0.25) is 4.79 Å². The van der Waals surface area contributed by atoms with Gasteiger partial charge in [0.15, 0.2) is 0 Å². The second-order valence-electron chi connectivity index (χ2n) is 6.96. The predicted molar refractivity (Wildman–Crippen MR) is 121 cm³/mol. The van der Waals surface area contributed by atoms with Crippen LogP contribution in [0.2, 0.25) is 5.02 Å². The van der Waals surface area contributed by atoms with Gasteiger partial charge in [-0.05, 0) is 37.1 Å². The zero-order valence-electron chi connectivity index (χ0n) is 17.1. The van der Waals surface area contributed by atoms with Gasteiger partial charge in [0.2, 0.25) is 0 Å². The maximum absolute atomic E-state index is 12.9. The number of nitrogens with one attached hydrogen (secondary N) is 2. The molecule has 166 valence electrons. The first kappa shape index (κ1) is 22.1. The number of nitrogens with zero attached hydrogens (tertiary/aromatic N) is 4. The summed E-state index contributed by atoms with van der Waals surface area (Å²) in [4.78, 5) is 31.8. The van der Waals surface area contributed by atoms with E-state index in [0.717, 1.165) is 0 Å². The first-order valence-electron chi connectivity index (χ1n) is 9.65. The van der Waals surface area contributed by atoms with E-state index in [2.05, 4.69) is 42.1 Å². The maximum atomic E-state index is 12.9. The largest absolute Gasteiger partial charge is 0.382 e. The van der Waals surface area contributed by atoms with Gasteiger partial charge in [-0.1, -0.05) is 23.6 Å². The van der Waals surface area contributed by atoms with Gasteiger partial charge < -0.3 is 16.0 Å². The number of anilines is 2. The maximum Gasteiger partial charge on any atom is 0.264 e. The Morgan fingerprint density at radius 1 is 1.18 bits per heavy atom. The van der Waals surface area contributed by atoms with Gasteiger partial charge in [-0.15, -0.1) is 0 Å². The summed E-state index contributed by atoms with van der Waals surface area (Å²) in [5.41, 5.74) is 6.25. The van der Waals surface area contributed by atoms with E-state index in [0.29, 0.717) is 21.7 Å². The second-order valence-corrected chi connectivity index (χ2v) is 7.37. The molecular formula is C22H16ClF2N7O. The van der Waals surface area contributed by atoms with Gasteiger partial charge in [0, 0.05) is 11.8 Å². The van der Waals surface area contributed by atoms with Crippen molar-refractivity contribution in [3.63, 3.8) is 0 Å². The highest BCUT2D eigenvalue weighted by Crippen LogP contribution is 2.23. The van der Waals surface area contributed by atoms with E-state index < -0.39 is 12.5 Å². The fourth-order valence-electron chi connectivity index (χ4n) is 3.06. The third kappa shape index (κ3) is 4.73. The van der Waals surface area contributed by atoms with Crippen molar-refractivity contribution in [1.29, 1.82) is 0 Å². The zero-order chi connectivity index (χ0) is 23.5. The number of H-pyrrole nitrogens is 1. The summed E-state index contributed by atoms with van der Waals surface area (Å²) in [6, 6.07) is 6.91. The number of rotatable bonds is 4. The minimum absolute atomic E-state index is 0.0870. The summed E-state index contributed by atoms with van der Waals surface area (Å²) in [6.45, 7) is 1.76. The van der Waals surface area contributed by atoms with Crippen molar-refractivity contribution >= 4 is 34.1 Å². The van der Waals surface area contributed by atoms with E-state index in [1.54, 1.807) is 25.1 Å². The van der Waals surface area contributed by atoms with Crippen LogP contribution in [-0.4, -0.2) is 24.9 Å². The number of aromatic amines is 1. The van der Waals surface area contributed by atoms with E-state index in [-0.39, 0.29) is 34.0 Å². The molecule has 1 aromatic carbocycles. The van der Waals surface area contributed by atoms with Crippen molar-refractivity contribution in [3.8, 4) is 11.8 Å². The Kier molecular flexibility index (Phi) is 6.15. The lowest BCUT2D eigenvalue weighted by Gasteiger charge is -2.16. The van der Waals surface area contributed by atoms with Crippen LogP contribution < -0.4 is 16.6 Å². The summed E-state index contributed by atoms with van der Waals surface area (Å²) in [5, 5.41) is 3.70. The molecule has 3 aromatic heterocycles. The lowest BCUT2D eigenvalue weighted by atomic mass is 10.2. The lowest BCUT2D eigenvalue weighted by Crippen LogP contribution is -2.19. The molecule has 0 fully saturated rings. The molecule has 0 saturated heterocycles. The van der Waals surface area contributed by atoms with E-state index in [9.17, 15) is 13.6 Å². The predicted octanol–water partition coefficient (Wildman–Crippen LogP) is 3.85. The number of pyridine rings is 1. The average molecular weight is 468 g/mol. The van der Waals surface area contributed by atoms with Crippen molar-refractivity contribution < 1.29 is 8.78 Å². The smallest absolute Gasteiger partial charge is 0.264 e. The summed E-state index contributed by atoms with van der Waals surface area (Å²) >= 11 is 6.11. The molecule has 1 unspecified atom stereocenters. The third-order valence-corrected chi connectivity index (χ3v) is 5.01. The van der Waals surface area contributed by atoms with Gasteiger partial charge in [-0.25, -0.2) is 28.7 Å². The highest BCUT2D eigenvalue weighted by Gasteiger charge is 2.16. The molecule has 8 nitrogen and oxygen atoms in total. The number of hydrogen-bond donors (Lipinski definition) is 3. The van der Waals surface area contributed by atoms with Gasteiger partial charge in [0.1, 0.15) is 35.0 Å². The molecular weight excluding hydrogens is 452 g/mol. The normalized spacial score (nSPS) is 11.8. The number of nitrogens with two attached hydrogens (primary N) is 1. The Hall–Kier alpha value is -4.10. The topological polar surface area (TPSA) is 122 Å². The molecule has 0 bridgehead atoms. The number of nitrogen functional groups attached to an aromatic ring is 1. The zero-order valence-corrected chi connectivity index (χ0v) is 17.9. The number of fused-ring (bicyclic) bond motifs is 1. The summed E-state index contributed by atoms with van der Waals surface area (Å²) in [5.74, 6) is 6.21. The molecule has 11 heteroatoms. The molecule has 3 heterocycles. The van der Waals surface area contributed by atoms with E-state index in [1.165, 1.54) is 24.7 Å². The Morgan fingerprint density at radius 2 is 2.00 bits per heavy atom. The van der Waals surface area contributed by atoms with Gasteiger partial charge in [0.25, 0.3) is 12.0 Å². The van der Waals surface area contributed by atoms with Crippen molar-refractivity contribution in [1.82, 2.24) is 24.9 Å². The monoisotopic (exact) mass is 467 g/mol. The minimum atomic E-state index is -2.64. The van der Waals surface area contributed by atoms with Crippen LogP contribution in [0.15, 0.2) is 47.7 Å². The number of benzene rings is 1. The minimum Gasteiger partial charge on any atom is -0.382 e. The fraction of sp³-hybridized carbons (Fsp3) is 0.136.